The minimum Gasteiger partial charge on any atom is -0.348 e. The van der Waals surface area contributed by atoms with Crippen LogP contribution in [0.2, 0.25) is 0 Å². The van der Waals surface area contributed by atoms with Gasteiger partial charge in [0.15, 0.2) is 0 Å². The van der Waals surface area contributed by atoms with E-state index in [-0.39, 0.29) is 24.4 Å². The number of nitrogens with zero attached hydrogens (tertiary/aromatic N) is 1. The monoisotopic (exact) mass is 352 g/mol. The van der Waals surface area contributed by atoms with Gasteiger partial charge in [0, 0.05) is 17.4 Å². The zero-order valence-electron chi connectivity index (χ0n) is 12.3. The number of hydrogen-bond donors (Lipinski definition) is 1. The van der Waals surface area contributed by atoms with Gasteiger partial charge in [-0.25, -0.2) is 0 Å². The molecule has 0 radical (unpaired) electrons. The summed E-state index contributed by atoms with van der Waals surface area (Å²) in [5.74, 6) is -0.00418. The normalized spacial score (nSPS) is 17.2. The largest absolute Gasteiger partial charge is 0.348 e. The van der Waals surface area contributed by atoms with Crippen LogP contribution in [-0.2, 0) is 9.59 Å². The average Bonchev–Trinajstić information content (AvgIpc) is 2.64. The van der Waals surface area contributed by atoms with Gasteiger partial charge in [-0.3, -0.25) is 9.59 Å². The molecule has 4 nitrogen and oxygen atoms in total. The van der Waals surface area contributed by atoms with Gasteiger partial charge < -0.3 is 10.2 Å². The third kappa shape index (κ3) is 4.84. The van der Waals surface area contributed by atoms with Gasteiger partial charge in [0.2, 0.25) is 11.8 Å². The maximum Gasteiger partial charge on any atom is 0.240 e. The van der Waals surface area contributed by atoms with E-state index in [0.717, 1.165) is 29.3 Å². The summed E-state index contributed by atoms with van der Waals surface area (Å²) in [4.78, 5) is 25.7. The summed E-state index contributed by atoms with van der Waals surface area (Å²) >= 11 is 3.43. The number of likely N-dealkylation sites (tertiary alicyclic amines) is 1. The highest BCUT2D eigenvalue weighted by molar-refractivity contribution is 9.10. The lowest BCUT2D eigenvalue weighted by Gasteiger charge is -2.21. The molecular weight excluding hydrogens is 332 g/mol. The van der Waals surface area contributed by atoms with Crippen molar-refractivity contribution in [2.45, 2.75) is 38.6 Å². The van der Waals surface area contributed by atoms with Crippen LogP contribution in [0.1, 0.15) is 44.2 Å². The second-order valence-corrected chi connectivity index (χ2v) is 6.39. The lowest BCUT2D eigenvalue weighted by atomic mass is 10.1. The van der Waals surface area contributed by atoms with Crippen LogP contribution in [0.25, 0.3) is 0 Å². The highest BCUT2D eigenvalue weighted by atomic mass is 79.9. The van der Waals surface area contributed by atoms with Crippen molar-refractivity contribution in [3.8, 4) is 0 Å². The van der Waals surface area contributed by atoms with E-state index < -0.39 is 0 Å². The molecule has 1 aliphatic rings. The zero-order chi connectivity index (χ0) is 15.2. The maximum absolute atomic E-state index is 12.1. The Bertz CT molecular complexity index is 519. The van der Waals surface area contributed by atoms with E-state index in [2.05, 4.69) is 21.2 Å². The Morgan fingerprint density at radius 1 is 1.38 bits per heavy atom. The van der Waals surface area contributed by atoms with Gasteiger partial charge in [0.1, 0.15) is 0 Å². The molecule has 21 heavy (non-hydrogen) atoms. The highest BCUT2D eigenvalue weighted by Gasteiger charge is 2.20. The van der Waals surface area contributed by atoms with Crippen molar-refractivity contribution in [3.05, 3.63) is 34.3 Å². The second-order valence-electron chi connectivity index (χ2n) is 5.47. The molecule has 1 aromatic rings. The van der Waals surface area contributed by atoms with Gasteiger partial charge >= 0.3 is 0 Å². The number of amides is 2. The van der Waals surface area contributed by atoms with E-state index in [4.69, 9.17) is 0 Å². The molecule has 0 spiro atoms. The molecule has 2 rings (SSSR count). The average molecular weight is 353 g/mol. The molecule has 1 fully saturated rings. The minimum atomic E-state index is -0.0993. The first-order valence-electron chi connectivity index (χ1n) is 7.39. The first-order chi connectivity index (χ1) is 10.1. The van der Waals surface area contributed by atoms with Crippen LogP contribution in [-0.4, -0.2) is 29.8 Å². The molecule has 1 aliphatic heterocycles. The van der Waals surface area contributed by atoms with Gasteiger partial charge in [0.05, 0.1) is 12.6 Å². The van der Waals surface area contributed by atoms with E-state index in [1.54, 1.807) is 4.90 Å². The smallest absolute Gasteiger partial charge is 0.240 e. The predicted octanol–water partition coefficient (Wildman–Crippen LogP) is 3.03. The summed E-state index contributed by atoms with van der Waals surface area (Å²) < 4.78 is 0.990. The van der Waals surface area contributed by atoms with Gasteiger partial charge in [0.25, 0.3) is 0 Å². The van der Waals surface area contributed by atoms with Crippen molar-refractivity contribution in [1.29, 1.82) is 0 Å². The number of nitrogens with one attached hydrogen (secondary N) is 1. The quantitative estimate of drug-likeness (QED) is 0.905. The molecule has 0 aromatic heterocycles. The Labute approximate surface area is 134 Å². The summed E-state index contributed by atoms with van der Waals surface area (Å²) in [6.07, 6.45) is 3.55. The fraction of sp³-hybridized carbons (Fsp3) is 0.500. The Hall–Kier alpha value is -1.36. The molecule has 1 unspecified atom stereocenters. The summed E-state index contributed by atoms with van der Waals surface area (Å²) in [6.45, 7) is 2.80. The lowest BCUT2D eigenvalue weighted by molar-refractivity contribution is -0.135. The van der Waals surface area contributed by atoms with Crippen molar-refractivity contribution >= 4 is 27.7 Å². The van der Waals surface area contributed by atoms with E-state index in [9.17, 15) is 9.59 Å². The highest BCUT2D eigenvalue weighted by Crippen LogP contribution is 2.18. The van der Waals surface area contributed by atoms with Crippen LogP contribution in [0.15, 0.2) is 28.7 Å². The number of benzene rings is 1. The molecule has 1 saturated heterocycles. The van der Waals surface area contributed by atoms with E-state index in [1.807, 2.05) is 31.2 Å². The summed E-state index contributed by atoms with van der Waals surface area (Å²) in [5.41, 5.74) is 1.04. The van der Waals surface area contributed by atoms with E-state index in [0.29, 0.717) is 13.0 Å². The predicted molar refractivity (Wildman–Crippen MR) is 85.7 cm³/mol. The fourth-order valence-corrected chi connectivity index (χ4v) is 2.94. The molecule has 0 saturated carbocycles. The third-order valence-electron chi connectivity index (χ3n) is 3.73. The lowest BCUT2D eigenvalue weighted by Crippen LogP contribution is -2.41. The summed E-state index contributed by atoms with van der Waals surface area (Å²) in [6, 6.07) is 7.79. The molecule has 2 amide bonds. The van der Waals surface area contributed by atoms with Gasteiger partial charge in [-0.1, -0.05) is 34.5 Å². The van der Waals surface area contributed by atoms with Gasteiger partial charge in [-0.15, -0.1) is 0 Å². The van der Waals surface area contributed by atoms with Crippen LogP contribution in [0.5, 0.6) is 0 Å². The van der Waals surface area contributed by atoms with E-state index >= 15 is 0 Å². The molecule has 1 N–H and O–H groups in total. The molecule has 0 aliphatic carbocycles. The third-order valence-corrected chi connectivity index (χ3v) is 4.23. The van der Waals surface area contributed by atoms with Crippen LogP contribution < -0.4 is 5.32 Å². The molecule has 1 heterocycles. The standard InChI is InChI=1S/C16H21BrN2O2/c1-12(13-6-5-7-14(17)10-13)18-15(20)11-19-9-4-2-3-8-16(19)21/h5-7,10,12H,2-4,8-9,11H2,1H3,(H,18,20). The second kappa shape index (κ2) is 7.59. The molecule has 114 valence electrons. The number of carbonyl (C=O) groups excluding carboxylic acids is 2. The summed E-state index contributed by atoms with van der Waals surface area (Å²) in [5, 5.41) is 2.96. The Kier molecular flexibility index (Phi) is 5.79. The van der Waals surface area contributed by atoms with Gasteiger partial charge in [-0.05, 0) is 37.5 Å². The first-order valence-corrected chi connectivity index (χ1v) is 8.18. The summed E-state index contributed by atoms with van der Waals surface area (Å²) in [7, 11) is 0. The molecule has 1 atom stereocenters. The number of halogens is 1. The van der Waals surface area contributed by atoms with Crippen molar-refractivity contribution in [2.75, 3.05) is 13.1 Å². The molecule has 5 heteroatoms. The molecular formula is C16H21BrN2O2. The zero-order valence-corrected chi connectivity index (χ0v) is 13.9. The van der Waals surface area contributed by atoms with Crippen LogP contribution >= 0.6 is 15.9 Å². The molecule has 0 bridgehead atoms. The number of hydrogen-bond acceptors (Lipinski definition) is 2. The van der Waals surface area contributed by atoms with Crippen molar-refractivity contribution in [3.63, 3.8) is 0 Å². The van der Waals surface area contributed by atoms with Crippen molar-refractivity contribution < 1.29 is 9.59 Å². The SMILES string of the molecule is CC(NC(=O)CN1CCCCCC1=O)c1cccc(Br)c1. The minimum absolute atomic E-state index is 0.0721. The maximum atomic E-state index is 12.1. The van der Waals surface area contributed by atoms with Crippen molar-refractivity contribution in [1.82, 2.24) is 10.2 Å². The first kappa shape index (κ1) is 16.0. The van der Waals surface area contributed by atoms with Crippen molar-refractivity contribution in [2.24, 2.45) is 0 Å². The van der Waals surface area contributed by atoms with Gasteiger partial charge in [-0.2, -0.15) is 0 Å². The topological polar surface area (TPSA) is 49.4 Å². The Morgan fingerprint density at radius 2 is 2.19 bits per heavy atom. The molecule has 1 aromatic carbocycles. The Morgan fingerprint density at radius 3 is 2.95 bits per heavy atom. The van der Waals surface area contributed by atoms with Crippen LogP contribution in [0.3, 0.4) is 0 Å². The van der Waals surface area contributed by atoms with Crippen LogP contribution in [0.4, 0.5) is 0 Å². The van der Waals surface area contributed by atoms with Crippen LogP contribution in [0, 0.1) is 0 Å². The van der Waals surface area contributed by atoms with E-state index in [1.165, 1.54) is 0 Å². The fourth-order valence-electron chi connectivity index (χ4n) is 2.53. The Balaban J connectivity index is 1.90. The number of rotatable bonds is 4. The number of carbonyl (C=O) groups is 2.